The van der Waals surface area contributed by atoms with E-state index >= 15 is 0 Å². The quantitative estimate of drug-likeness (QED) is 0.805. The molecular weight excluding hydrogens is 356 g/mol. The molecule has 0 aromatic heterocycles. The van der Waals surface area contributed by atoms with E-state index in [4.69, 9.17) is 0 Å². The third-order valence-corrected chi connectivity index (χ3v) is 4.37. The minimum Gasteiger partial charge on any atom is -0.480 e. The molecule has 0 bridgehead atoms. The Morgan fingerprint density at radius 1 is 1.21 bits per heavy atom. The predicted octanol–water partition coefficient (Wildman–Crippen LogP) is 2.71. The van der Waals surface area contributed by atoms with Gasteiger partial charge >= 0.3 is 5.97 Å². The van der Waals surface area contributed by atoms with E-state index in [9.17, 15) is 14.7 Å². The summed E-state index contributed by atoms with van der Waals surface area (Å²) in [6.07, 6.45) is 0.0480. The molecule has 0 aliphatic carbocycles. The van der Waals surface area contributed by atoms with Crippen molar-refractivity contribution < 1.29 is 14.7 Å². The van der Waals surface area contributed by atoms with E-state index < -0.39 is 12.0 Å². The van der Waals surface area contributed by atoms with Crippen LogP contribution in [-0.4, -0.2) is 47.7 Å². The van der Waals surface area contributed by atoms with Crippen LogP contribution in [0.1, 0.15) is 17.5 Å². The van der Waals surface area contributed by atoms with Crippen molar-refractivity contribution in [3.8, 4) is 0 Å². The van der Waals surface area contributed by atoms with Gasteiger partial charge in [0.1, 0.15) is 5.71 Å². The Labute approximate surface area is 164 Å². The molecule has 1 atom stereocenters. The van der Waals surface area contributed by atoms with Crippen molar-refractivity contribution in [3.63, 3.8) is 0 Å². The van der Waals surface area contributed by atoms with E-state index in [1.165, 1.54) is 5.01 Å². The molecule has 0 spiro atoms. The number of hydrazone groups is 1. The van der Waals surface area contributed by atoms with Crippen LogP contribution in [0, 0.1) is 6.92 Å². The number of para-hydroxylation sites is 1. The molecule has 0 radical (unpaired) electrons. The largest absolute Gasteiger partial charge is 0.480 e. The van der Waals surface area contributed by atoms with Crippen LogP contribution in [0.15, 0.2) is 53.6 Å². The topological polar surface area (TPSA) is 85.2 Å². The van der Waals surface area contributed by atoms with Crippen molar-refractivity contribution in [2.75, 3.05) is 24.4 Å². The number of carbonyl (C=O) groups is 2. The average Bonchev–Trinajstić information content (AvgIpc) is 3.07. The number of anilines is 2. The summed E-state index contributed by atoms with van der Waals surface area (Å²) in [5, 5.41) is 18.1. The van der Waals surface area contributed by atoms with Crippen molar-refractivity contribution in [2.45, 2.75) is 25.9 Å². The molecule has 1 amide bonds. The zero-order valence-electron chi connectivity index (χ0n) is 16.2. The first-order valence-electron chi connectivity index (χ1n) is 9.04. The molecule has 3 rings (SSSR count). The van der Waals surface area contributed by atoms with E-state index in [0.29, 0.717) is 11.4 Å². The number of nitrogens with one attached hydrogen (secondary N) is 1. The van der Waals surface area contributed by atoms with Crippen molar-refractivity contribution in [3.05, 3.63) is 59.7 Å². The number of rotatable bonds is 6. The summed E-state index contributed by atoms with van der Waals surface area (Å²) in [6.45, 7) is 2.73. The maximum absolute atomic E-state index is 12.7. The lowest BCUT2D eigenvalue weighted by Gasteiger charge is -2.19. The first-order chi connectivity index (χ1) is 13.3. The first-order valence-corrected chi connectivity index (χ1v) is 9.04. The van der Waals surface area contributed by atoms with Crippen molar-refractivity contribution >= 4 is 29.0 Å². The monoisotopic (exact) mass is 380 g/mol. The minimum atomic E-state index is -1.01. The Morgan fingerprint density at radius 3 is 2.57 bits per heavy atom. The third-order valence-electron chi connectivity index (χ3n) is 4.37. The number of aliphatic carboxylic acids is 1. The van der Waals surface area contributed by atoms with Gasteiger partial charge in [-0.25, -0.2) is 4.79 Å². The molecular formula is C21H24N4O3. The maximum atomic E-state index is 12.7. The lowest BCUT2D eigenvalue weighted by molar-refractivity contribution is -0.138. The number of carbonyl (C=O) groups excluding carboxylic acids is 1. The summed E-state index contributed by atoms with van der Waals surface area (Å²) >= 11 is 0. The highest BCUT2D eigenvalue weighted by atomic mass is 16.4. The van der Waals surface area contributed by atoms with Crippen molar-refractivity contribution in [1.29, 1.82) is 0 Å². The summed E-state index contributed by atoms with van der Waals surface area (Å²) in [5.74, 6) is -1.40. The highest BCUT2D eigenvalue weighted by Gasteiger charge is 2.36. The van der Waals surface area contributed by atoms with E-state index in [0.717, 1.165) is 17.7 Å². The Morgan fingerprint density at radius 2 is 1.93 bits per heavy atom. The summed E-state index contributed by atoms with van der Waals surface area (Å²) in [6, 6.07) is 14.0. The molecule has 7 nitrogen and oxygen atoms in total. The van der Waals surface area contributed by atoms with Gasteiger partial charge in [0.05, 0.1) is 5.69 Å². The van der Waals surface area contributed by atoms with Gasteiger partial charge in [-0.2, -0.15) is 5.10 Å². The number of aryl methyl sites for hydroxylation is 1. The van der Waals surface area contributed by atoms with E-state index in [-0.39, 0.29) is 18.0 Å². The number of hydrogen-bond donors (Lipinski definition) is 2. The number of benzene rings is 2. The summed E-state index contributed by atoms with van der Waals surface area (Å²) < 4.78 is 0. The zero-order chi connectivity index (χ0) is 20.3. The minimum absolute atomic E-state index is 0.0480. The van der Waals surface area contributed by atoms with Crippen LogP contribution >= 0.6 is 0 Å². The van der Waals surface area contributed by atoms with Crippen LogP contribution in [0.5, 0.6) is 0 Å². The molecule has 7 heteroatoms. The fraction of sp³-hybridized carbons (Fsp3) is 0.286. The van der Waals surface area contributed by atoms with Crippen LogP contribution < -0.4 is 10.3 Å². The Bertz CT molecular complexity index is 909. The molecule has 1 heterocycles. The Hall–Kier alpha value is -3.19. The number of amides is 1. The molecule has 2 aromatic carbocycles. The molecule has 0 saturated heterocycles. The average molecular weight is 380 g/mol. The molecule has 28 heavy (non-hydrogen) atoms. The van der Waals surface area contributed by atoms with Gasteiger partial charge in [-0.1, -0.05) is 24.3 Å². The molecule has 0 saturated carbocycles. The first kappa shape index (κ1) is 19.6. The molecule has 2 N–H and O–H groups in total. The molecule has 1 aliphatic rings. The van der Waals surface area contributed by atoms with Crippen LogP contribution in [0.3, 0.4) is 0 Å². The van der Waals surface area contributed by atoms with Gasteiger partial charge < -0.3 is 15.3 Å². The summed E-state index contributed by atoms with van der Waals surface area (Å²) in [7, 11) is 3.97. The second-order valence-corrected chi connectivity index (χ2v) is 7.18. The van der Waals surface area contributed by atoms with E-state index in [1.54, 1.807) is 24.3 Å². The molecule has 0 fully saturated rings. The predicted molar refractivity (Wildman–Crippen MR) is 110 cm³/mol. The van der Waals surface area contributed by atoms with Gasteiger partial charge in [0.2, 0.25) is 0 Å². The maximum Gasteiger partial charge on any atom is 0.328 e. The third kappa shape index (κ3) is 4.55. The zero-order valence-corrected chi connectivity index (χ0v) is 16.2. The molecule has 1 unspecified atom stereocenters. The fourth-order valence-corrected chi connectivity index (χ4v) is 3.25. The standard InChI is InChI=1S/C21H24N4O3/c1-14-9-15(13-24(2)3)11-16(10-14)22-20(26)18-12-19(21(27)28)25(23-18)17-7-5-4-6-8-17/h4-11,19H,12-13H2,1-3H3,(H,22,26)(H,27,28). The van der Waals surface area contributed by atoms with Gasteiger partial charge in [0, 0.05) is 18.7 Å². The summed E-state index contributed by atoms with van der Waals surface area (Å²) in [4.78, 5) is 26.4. The molecule has 2 aromatic rings. The van der Waals surface area contributed by atoms with Gasteiger partial charge in [-0.15, -0.1) is 0 Å². The number of carboxylic acid groups (broad SMARTS) is 1. The van der Waals surface area contributed by atoms with Crippen LogP contribution in [0.4, 0.5) is 11.4 Å². The number of nitrogens with zero attached hydrogens (tertiary/aromatic N) is 3. The number of carboxylic acids is 1. The lowest BCUT2D eigenvalue weighted by Crippen LogP contribution is -2.34. The Balaban J connectivity index is 1.81. The van der Waals surface area contributed by atoms with Gasteiger partial charge in [0.15, 0.2) is 6.04 Å². The fourth-order valence-electron chi connectivity index (χ4n) is 3.25. The normalized spacial score (nSPS) is 16.2. The highest BCUT2D eigenvalue weighted by Crippen LogP contribution is 2.25. The van der Waals surface area contributed by atoms with Gasteiger partial charge in [-0.3, -0.25) is 9.80 Å². The lowest BCUT2D eigenvalue weighted by atomic mass is 10.1. The van der Waals surface area contributed by atoms with E-state index in [2.05, 4.69) is 21.4 Å². The smallest absolute Gasteiger partial charge is 0.328 e. The summed E-state index contributed by atoms with van der Waals surface area (Å²) in [5.41, 5.74) is 3.64. The van der Waals surface area contributed by atoms with Crippen molar-refractivity contribution in [1.82, 2.24) is 4.90 Å². The second-order valence-electron chi connectivity index (χ2n) is 7.18. The Kier molecular flexibility index (Phi) is 5.75. The van der Waals surface area contributed by atoms with Crippen LogP contribution in [0.25, 0.3) is 0 Å². The highest BCUT2D eigenvalue weighted by molar-refractivity contribution is 6.44. The molecule has 146 valence electrons. The van der Waals surface area contributed by atoms with Crippen molar-refractivity contribution in [2.24, 2.45) is 5.10 Å². The number of hydrogen-bond acceptors (Lipinski definition) is 5. The van der Waals surface area contributed by atoms with Crippen LogP contribution in [-0.2, 0) is 16.1 Å². The van der Waals surface area contributed by atoms with Gasteiger partial charge in [-0.05, 0) is 56.4 Å². The van der Waals surface area contributed by atoms with E-state index in [1.807, 2.05) is 39.2 Å². The molecule has 1 aliphatic heterocycles. The SMILES string of the molecule is Cc1cc(CN(C)C)cc(NC(=O)C2=NN(c3ccccc3)C(C(=O)O)C2)c1. The second kappa shape index (κ2) is 8.22. The van der Waals surface area contributed by atoms with Gasteiger partial charge in [0.25, 0.3) is 5.91 Å². The van der Waals surface area contributed by atoms with Crippen LogP contribution in [0.2, 0.25) is 0 Å².